The van der Waals surface area contributed by atoms with Gasteiger partial charge in [0.15, 0.2) is 0 Å². The Morgan fingerprint density at radius 1 is 1.17 bits per heavy atom. The molecule has 0 unspecified atom stereocenters. The number of quaternary nitrogens is 2. The number of likely N-dealkylation sites (N-methyl/N-ethyl adjacent to an activating group) is 1. The van der Waals surface area contributed by atoms with Gasteiger partial charge in [-0.1, -0.05) is 0 Å². The highest BCUT2D eigenvalue weighted by Gasteiger charge is 2.50. The molecule has 1 rings (SSSR count). The fourth-order valence-corrected chi connectivity index (χ4v) is 3.29. The molecule has 0 atom stereocenters. The summed E-state index contributed by atoms with van der Waals surface area (Å²) < 4.78 is 0.802. The summed E-state index contributed by atoms with van der Waals surface area (Å²) in [5, 5.41) is 21.9. The summed E-state index contributed by atoms with van der Waals surface area (Å²) in [4.78, 5) is 0. The molecule has 0 saturated carbocycles. The maximum Gasteiger partial charge on any atom is 0.102 e. The predicted octanol–water partition coefficient (Wildman–Crippen LogP) is -2.84. The van der Waals surface area contributed by atoms with E-state index in [0.29, 0.717) is 11.1 Å². The molecule has 0 spiro atoms. The third-order valence-electron chi connectivity index (χ3n) is 4.39. The quantitative estimate of drug-likeness (QED) is 0.432. The highest BCUT2D eigenvalue weighted by Crippen LogP contribution is 2.29. The summed E-state index contributed by atoms with van der Waals surface area (Å²) in [5.74, 6) is 0. The summed E-state index contributed by atoms with van der Waals surface area (Å²) in [6.07, 6.45) is 1.84. The van der Waals surface area contributed by atoms with Crippen molar-refractivity contribution in [3.63, 3.8) is 0 Å². The van der Waals surface area contributed by atoms with E-state index in [9.17, 15) is 5.21 Å². The first kappa shape index (κ1) is 18.1. The minimum absolute atomic E-state index is 0. The molecule has 110 valence electrons. The highest BCUT2D eigenvalue weighted by atomic mass is 35.5. The Kier molecular flexibility index (Phi) is 5.67. The van der Waals surface area contributed by atoms with Crippen molar-refractivity contribution in [2.75, 3.05) is 27.2 Å². The molecular weight excluding hydrogens is 252 g/mol. The number of aliphatic hydroxyl groups excluding tert-OH is 1. The van der Waals surface area contributed by atoms with Gasteiger partial charge in [-0.15, -0.1) is 0 Å². The predicted molar refractivity (Wildman–Crippen MR) is 69.6 cm³/mol. The van der Waals surface area contributed by atoms with Gasteiger partial charge in [0.2, 0.25) is 0 Å². The standard InChI is InChI=1S/C13H29N2O2.ClH/c1-12(2)9-11(15(5,6)7-8-16)10-13(3,4)14(12)17;/h11,14,16H,7-10H2,1-6H3;1H/q+1;/p-1. The Morgan fingerprint density at radius 3 is 1.89 bits per heavy atom. The zero-order valence-electron chi connectivity index (χ0n) is 12.6. The molecule has 1 aliphatic rings. The maximum atomic E-state index is 12.3. The Bertz CT molecular complexity index is 262. The van der Waals surface area contributed by atoms with Gasteiger partial charge in [-0.25, -0.2) is 0 Å². The molecule has 4 nitrogen and oxygen atoms in total. The van der Waals surface area contributed by atoms with Crippen molar-refractivity contribution in [2.45, 2.75) is 57.7 Å². The second-order valence-electron chi connectivity index (χ2n) is 7.38. The van der Waals surface area contributed by atoms with Crippen LogP contribution in [0.1, 0.15) is 40.5 Å². The van der Waals surface area contributed by atoms with Crippen LogP contribution in [0, 0.1) is 5.21 Å². The number of nitrogens with one attached hydrogen (secondary N) is 1. The molecule has 0 radical (unpaired) electrons. The van der Waals surface area contributed by atoms with Gasteiger partial charge >= 0.3 is 0 Å². The average molecular weight is 281 g/mol. The molecule has 1 heterocycles. The average Bonchev–Trinajstić information content (AvgIpc) is 2.13. The van der Waals surface area contributed by atoms with Gasteiger partial charge in [0.25, 0.3) is 0 Å². The van der Waals surface area contributed by atoms with E-state index in [1.165, 1.54) is 0 Å². The van der Waals surface area contributed by atoms with Crippen molar-refractivity contribution >= 4 is 0 Å². The van der Waals surface area contributed by atoms with E-state index in [1.807, 2.05) is 0 Å². The fraction of sp³-hybridized carbons (Fsp3) is 1.00. The van der Waals surface area contributed by atoms with E-state index >= 15 is 0 Å². The lowest BCUT2D eigenvalue weighted by Gasteiger charge is -2.56. The van der Waals surface area contributed by atoms with Crippen molar-refractivity contribution < 1.29 is 27.1 Å². The van der Waals surface area contributed by atoms with Crippen LogP contribution < -0.4 is 17.5 Å². The van der Waals surface area contributed by atoms with Crippen LogP contribution in [0.5, 0.6) is 0 Å². The van der Waals surface area contributed by atoms with Gasteiger partial charge < -0.3 is 32.3 Å². The summed E-state index contributed by atoms with van der Waals surface area (Å²) in [7, 11) is 4.31. The molecule has 0 aromatic heterocycles. The number of halogens is 1. The molecule has 1 fully saturated rings. The Labute approximate surface area is 118 Å². The molecule has 0 aliphatic carbocycles. The third-order valence-corrected chi connectivity index (χ3v) is 4.39. The first-order valence-corrected chi connectivity index (χ1v) is 6.51. The Hall–Kier alpha value is 0.130. The van der Waals surface area contributed by atoms with Crippen LogP contribution in [0.15, 0.2) is 0 Å². The number of hydrogen-bond acceptors (Lipinski definition) is 2. The van der Waals surface area contributed by atoms with E-state index in [0.717, 1.165) is 23.9 Å². The van der Waals surface area contributed by atoms with E-state index in [-0.39, 0.29) is 30.1 Å². The van der Waals surface area contributed by atoms with Gasteiger partial charge in [-0.2, -0.15) is 0 Å². The van der Waals surface area contributed by atoms with E-state index in [2.05, 4.69) is 41.8 Å². The zero-order chi connectivity index (χ0) is 13.5. The van der Waals surface area contributed by atoms with E-state index < -0.39 is 0 Å². The van der Waals surface area contributed by atoms with Crippen LogP contribution in [0.3, 0.4) is 0 Å². The molecule has 2 N–H and O–H groups in total. The topological polar surface area (TPSA) is 47.7 Å². The van der Waals surface area contributed by atoms with Crippen molar-refractivity contribution in [3.8, 4) is 0 Å². The third kappa shape index (κ3) is 3.58. The maximum absolute atomic E-state index is 12.3. The summed E-state index contributed by atoms with van der Waals surface area (Å²) in [6.45, 7) is 9.19. The lowest BCUT2D eigenvalue weighted by atomic mass is 9.77. The number of aliphatic hydroxyl groups is 1. The van der Waals surface area contributed by atoms with Crippen molar-refractivity contribution in [2.24, 2.45) is 0 Å². The van der Waals surface area contributed by atoms with Crippen LogP contribution in [0.2, 0.25) is 0 Å². The second-order valence-corrected chi connectivity index (χ2v) is 7.38. The highest BCUT2D eigenvalue weighted by molar-refractivity contribution is 4.87. The molecule has 0 bridgehead atoms. The lowest BCUT2D eigenvalue weighted by Crippen LogP contribution is -3.23. The van der Waals surface area contributed by atoms with Crippen molar-refractivity contribution in [1.82, 2.24) is 0 Å². The number of rotatable bonds is 3. The lowest BCUT2D eigenvalue weighted by molar-refractivity contribution is -0.985. The van der Waals surface area contributed by atoms with Gasteiger partial charge in [-0.3, -0.25) is 0 Å². The molecule has 1 saturated heterocycles. The van der Waals surface area contributed by atoms with Gasteiger partial charge in [0.1, 0.15) is 12.6 Å². The number of hydrogen-bond donors (Lipinski definition) is 2. The molecule has 1 aliphatic heterocycles. The normalized spacial score (nSPS) is 30.7. The van der Waals surface area contributed by atoms with Crippen LogP contribution >= 0.6 is 0 Å². The smallest absolute Gasteiger partial charge is 0.102 e. The summed E-state index contributed by atoms with van der Waals surface area (Å²) in [5.41, 5.74) is -0.477. The molecule has 18 heavy (non-hydrogen) atoms. The summed E-state index contributed by atoms with van der Waals surface area (Å²) >= 11 is 0. The van der Waals surface area contributed by atoms with E-state index in [1.54, 1.807) is 0 Å². The molecule has 0 aromatic rings. The van der Waals surface area contributed by atoms with Crippen LogP contribution in [-0.4, -0.2) is 54.0 Å². The van der Waals surface area contributed by atoms with Gasteiger partial charge in [-0.05, 0) is 27.7 Å². The molecule has 0 aromatic carbocycles. The first-order valence-electron chi connectivity index (χ1n) is 6.51. The van der Waals surface area contributed by atoms with E-state index in [4.69, 9.17) is 5.11 Å². The minimum Gasteiger partial charge on any atom is -1.00 e. The molecule has 5 heteroatoms. The number of hydroxylamine groups is 2. The molecule has 0 amide bonds. The summed E-state index contributed by atoms with van der Waals surface area (Å²) in [6, 6.07) is 0.449. The first-order chi connectivity index (χ1) is 7.53. The van der Waals surface area contributed by atoms with Gasteiger partial charge in [0.05, 0.1) is 44.6 Å². The van der Waals surface area contributed by atoms with Crippen LogP contribution in [-0.2, 0) is 0 Å². The number of piperidine rings is 1. The monoisotopic (exact) mass is 280 g/mol. The zero-order valence-corrected chi connectivity index (χ0v) is 13.3. The largest absolute Gasteiger partial charge is 1.00 e. The number of nitrogens with zero attached hydrogens (tertiary/aromatic N) is 1. The van der Waals surface area contributed by atoms with Crippen molar-refractivity contribution in [1.29, 1.82) is 0 Å². The SMILES string of the molecule is CC1(C)CC([N+](C)(C)CCO)CC(C)(C)[NH+]1[O-].[Cl-]. The second kappa shape index (κ2) is 5.63. The minimum atomic E-state index is -0.239. The van der Waals surface area contributed by atoms with Gasteiger partial charge in [0, 0.05) is 0 Å². The van der Waals surface area contributed by atoms with Crippen LogP contribution in [0.4, 0.5) is 0 Å². The molecular formula is C13H29ClN2O2. The Morgan fingerprint density at radius 2 is 1.56 bits per heavy atom. The fourth-order valence-electron chi connectivity index (χ4n) is 3.29. The van der Waals surface area contributed by atoms with Crippen molar-refractivity contribution in [3.05, 3.63) is 5.21 Å². The van der Waals surface area contributed by atoms with Crippen LogP contribution in [0.25, 0.3) is 0 Å². The Balaban J connectivity index is 0.00000289.